The molecule has 0 atom stereocenters. The predicted octanol–water partition coefficient (Wildman–Crippen LogP) is 5.64. The quantitative estimate of drug-likeness (QED) is 0.448. The summed E-state index contributed by atoms with van der Waals surface area (Å²) in [5.41, 5.74) is 5.76. The molecule has 4 heteroatoms. The van der Waals surface area contributed by atoms with Crippen LogP contribution in [0.4, 0.5) is 0 Å². The molecule has 2 aromatic carbocycles. The molecule has 0 unspecified atom stereocenters. The third kappa shape index (κ3) is 2.79. The zero-order valence-corrected chi connectivity index (χ0v) is 15.8. The molecule has 0 radical (unpaired) electrons. The molecule has 0 bridgehead atoms. The zero-order valence-electron chi connectivity index (χ0n) is 15.8. The molecule has 138 valence electrons. The normalized spacial score (nSPS) is 12.1. The van der Waals surface area contributed by atoms with Gasteiger partial charge in [0.15, 0.2) is 0 Å². The highest BCUT2D eigenvalue weighted by Gasteiger charge is 2.16. The molecule has 5 aromatic rings. The molecule has 1 N–H and O–H groups in total. The minimum atomic E-state index is -0.870. The first-order chi connectivity index (χ1) is 13.5. The van der Waals surface area contributed by atoms with Crippen molar-refractivity contribution >= 4 is 16.6 Å². The largest absolute Gasteiger partial charge is 0.464 e. The Labute approximate surface area is 162 Å². The molecule has 3 heterocycles. The molecule has 0 saturated carbocycles. The van der Waals surface area contributed by atoms with Crippen LogP contribution in [0.25, 0.3) is 39.0 Å². The van der Waals surface area contributed by atoms with Crippen LogP contribution in [0.1, 0.15) is 19.4 Å². The van der Waals surface area contributed by atoms with Gasteiger partial charge >= 0.3 is 0 Å². The summed E-state index contributed by atoms with van der Waals surface area (Å²) in [5, 5.41) is 11.4. The van der Waals surface area contributed by atoms with E-state index in [4.69, 9.17) is 9.40 Å². The van der Waals surface area contributed by atoms with Gasteiger partial charge in [-0.1, -0.05) is 36.4 Å². The lowest BCUT2D eigenvalue weighted by Crippen LogP contribution is -2.15. The fraction of sp³-hybridized carbons (Fsp3) is 0.125. The highest BCUT2D eigenvalue weighted by Crippen LogP contribution is 2.31. The van der Waals surface area contributed by atoms with E-state index in [-0.39, 0.29) is 0 Å². The summed E-state index contributed by atoms with van der Waals surface area (Å²) in [6.45, 7) is 3.60. The monoisotopic (exact) mass is 368 g/mol. The number of nitrogens with zero attached hydrogens (tertiary/aromatic N) is 2. The van der Waals surface area contributed by atoms with E-state index in [9.17, 15) is 5.11 Å². The number of fused-ring (bicyclic) bond motifs is 2. The van der Waals surface area contributed by atoms with Crippen LogP contribution in [0.2, 0.25) is 0 Å². The van der Waals surface area contributed by atoms with E-state index in [1.807, 2.05) is 59.1 Å². The van der Waals surface area contributed by atoms with Crippen molar-refractivity contribution in [2.24, 2.45) is 0 Å². The molecule has 0 aliphatic rings. The van der Waals surface area contributed by atoms with Crippen molar-refractivity contribution in [3.05, 3.63) is 84.9 Å². The Hall–Kier alpha value is -3.37. The summed E-state index contributed by atoms with van der Waals surface area (Å²) >= 11 is 0. The van der Waals surface area contributed by atoms with Crippen molar-refractivity contribution in [2.75, 3.05) is 0 Å². The van der Waals surface area contributed by atoms with Crippen molar-refractivity contribution in [1.29, 1.82) is 0 Å². The Morgan fingerprint density at radius 3 is 2.64 bits per heavy atom. The van der Waals surface area contributed by atoms with Crippen LogP contribution in [0.15, 0.2) is 83.7 Å². The fourth-order valence-corrected chi connectivity index (χ4v) is 3.55. The van der Waals surface area contributed by atoms with Gasteiger partial charge in [-0.15, -0.1) is 0 Å². The Morgan fingerprint density at radius 1 is 0.929 bits per heavy atom. The highest BCUT2D eigenvalue weighted by molar-refractivity contribution is 5.93. The second-order valence-corrected chi connectivity index (χ2v) is 7.59. The topological polar surface area (TPSA) is 50.7 Å². The fourth-order valence-electron chi connectivity index (χ4n) is 3.55. The molecular weight excluding hydrogens is 348 g/mol. The third-order valence-corrected chi connectivity index (χ3v) is 5.11. The smallest absolute Gasteiger partial charge is 0.137 e. The molecule has 0 aliphatic carbocycles. The summed E-state index contributed by atoms with van der Waals surface area (Å²) in [7, 11) is 0. The van der Waals surface area contributed by atoms with Gasteiger partial charge in [0.1, 0.15) is 17.5 Å². The van der Waals surface area contributed by atoms with Crippen molar-refractivity contribution < 1.29 is 9.52 Å². The molecule has 0 spiro atoms. The lowest BCUT2D eigenvalue weighted by Gasteiger charge is -2.18. The second kappa shape index (κ2) is 6.08. The van der Waals surface area contributed by atoms with Crippen molar-refractivity contribution in [3.63, 3.8) is 0 Å². The molecule has 28 heavy (non-hydrogen) atoms. The van der Waals surface area contributed by atoms with Crippen LogP contribution in [-0.2, 0) is 5.60 Å². The van der Waals surface area contributed by atoms with Crippen molar-refractivity contribution in [2.45, 2.75) is 19.4 Å². The number of benzene rings is 2. The first-order valence-corrected chi connectivity index (χ1v) is 9.28. The first-order valence-electron chi connectivity index (χ1n) is 9.28. The number of aromatic nitrogens is 2. The molecule has 0 saturated heterocycles. The van der Waals surface area contributed by atoms with Crippen molar-refractivity contribution in [3.8, 4) is 22.4 Å². The van der Waals surface area contributed by atoms with Crippen LogP contribution < -0.4 is 0 Å². The maximum absolute atomic E-state index is 10.3. The van der Waals surface area contributed by atoms with Crippen LogP contribution in [0.3, 0.4) is 0 Å². The van der Waals surface area contributed by atoms with Gasteiger partial charge < -0.3 is 13.9 Å². The number of furan rings is 1. The van der Waals surface area contributed by atoms with Gasteiger partial charge in [-0.25, -0.2) is 4.98 Å². The van der Waals surface area contributed by atoms with E-state index in [1.54, 1.807) is 20.1 Å². The van der Waals surface area contributed by atoms with Crippen LogP contribution in [0, 0.1) is 0 Å². The van der Waals surface area contributed by atoms with Gasteiger partial charge in [0.05, 0.1) is 11.3 Å². The summed E-state index contributed by atoms with van der Waals surface area (Å²) in [6.07, 6.45) is 5.85. The number of hydrogen-bond acceptors (Lipinski definition) is 3. The van der Waals surface area contributed by atoms with Crippen LogP contribution in [0.5, 0.6) is 0 Å². The van der Waals surface area contributed by atoms with E-state index >= 15 is 0 Å². The lowest BCUT2D eigenvalue weighted by atomic mass is 9.95. The molecule has 0 aliphatic heterocycles. The van der Waals surface area contributed by atoms with E-state index in [1.165, 1.54) is 0 Å². The van der Waals surface area contributed by atoms with E-state index in [0.717, 1.165) is 44.6 Å². The SMILES string of the molecule is CC(C)(O)c1cccc(-c2ccc3nc(-c4coc5ccccc45)cn3c2)c1. The van der Waals surface area contributed by atoms with Gasteiger partial charge in [0.2, 0.25) is 0 Å². The Bertz CT molecular complexity index is 1310. The molecule has 5 rings (SSSR count). The van der Waals surface area contributed by atoms with Crippen molar-refractivity contribution in [1.82, 2.24) is 9.38 Å². The van der Waals surface area contributed by atoms with E-state index in [0.29, 0.717) is 0 Å². The average molecular weight is 368 g/mol. The van der Waals surface area contributed by atoms with E-state index in [2.05, 4.69) is 18.3 Å². The average Bonchev–Trinajstić information content (AvgIpc) is 3.30. The zero-order chi connectivity index (χ0) is 19.3. The van der Waals surface area contributed by atoms with Crippen LogP contribution in [-0.4, -0.2) is 14.5 Å². The number of aliphatic hydroxyl groups is 1. The van der Waals surface area contributed by atoms with Crippen LogP contribution >= 0.6 is 0 Å². The Morgan fingerprint density at radius 2 is 1.79 bits per heavy atom. The summed E-state index contributed by atoms with van der Waals surface area (Å²) in [4.78, 5) is 4.76. The van der Waals surface area contributed by atoms with Gasteiger partial charge in [-0.2, -0.15) is 0 Å². The lowest BCUT2D eigenvalue weighted by molar-refractivity contribution is 0.0786. The Balaban J connectivity index is 1.60. The maximum Gasteiger partial charge on any atom is 0.137 e. The number of pyridine rings is 1. The number of hydrogen-bond donors (Lipinski definition) is 1. The molecular formula is C24H20N2O2. The molecule has 3 aromatic heterocycles. The van der Waals surface area contributed by atoms with Gasteiger partial charge in [0, 0.05) is 23.3 Å². The van der Waals surface area contributed by atoms with Gasteiger partial charge in [-0.05, 0) is 54.8 Å². The first kappa shape index (κ1) is 16.8. The number of rotatable bonds is 3. The van der Waals surface area contributed by atoms with Gasteiger partial charge in [0.25, 0.3) is 0 Å². The molecule has 4 nitrogen and oxygen atoms in total. The number of para-hydroxylation sites is 1. The maximum atomic E-state index is 10.3. The molecule has 0 fully saturated rings. The minimum absolute atomic E-state index is 0.860. The Kier molecular flexibility index (Phi) is 3.64. The molecule has 0 amide bonds. The van der Waals surface area contributed by atoms with E-state index < -0.39 is 5.60 Å². The predicted molar refractivity (Wildman–Crippen MR) is 111 cm³/mol. The number of imidazole rings is 1. The summed E-state index contributed by atoms with van der Waals surface area (Å²) < 4.78 is 7.70. The van der Waals surface area contributed by atoms with Gasteiger partial charge in [-0.3, -0.25) is 0 Å². The summed E-state index contributed by atoms with van der Waals surface area (Å²) in [5.74, 6) is 0. The standard InChI is InChI=1S/C24H20N2O2/c1-24(2,27)18-7-5-6-16(12-18)17-10-11-23-25-21(14-26(23)13-17)20-15-28-22-9-4-3-8-19(20)22/h3-15,27H,1-2H3. The minimum Gasteiger partial charge on any atom is -0.464 e. The summed E-state index contributed by atoms with van der Waals surface area (Å²) in [6, 6.07) is 20.1. The highest BCUT2D eigenvalue weighted by atomic mass is 16.3. The second-order valence-electron chi connectivity index (χ2n) is 7.59. The third-order valence-electron chi connectivity index (χ3n) is 5.11.